The Morgan fingerprint density at radius 3 is 2.61 bits per heavy atom. The molecule has 0 heterocycles. The monoisotopic (exact) mass is 315 g/mol. The quantitative estimate of drug-likeness (QED) is 0.498. The summed E-state index contributed by atoms with van der Waals surface area (Å²) in [5.74, 6) is -0.434. The number of amides is 1. The van der Waals surface area contributed by atoms with Crippen molar-refractivity contribution in [2.45, 2.75) is 0 Å². The molecule has 0 aromatic heterocycles. The molecule has 0 atom stereocenters. The van der Waals surface area contributed by atoms with Gasteiger partial charge in [-0.15, -0.1) is 0 Å². The number of hydrazone groups is 1. The molecule has 2 aromatic rings. The van der Waals surface area contributed by atoms with Gasteiger partial charge in [-0.2, -0.15) is 5.10 Å². The van der Waals surface area contributed by atoms with E-state index in [0.717, 1.165) is 23.8 Å². The number of phenolic OH excluding ortho intramolecular Hbond substituents is 1. The number of nitro benzene ring substituents is 1. The van der Waals surface area contributed by atoms with Crippen molar-refractivity contribution in [3.63, 3.8) is 0 Å². The Balaban J connectivity index is 2.08. The zero-order valence-corrected chi connectivity index (χ0v) is 12.1. The second-order valence-corrected chi connectivity index (χ2v) is 4.43. The number of nitro groups is 1. The third-order valence-electron chi connectivity index (χ3n) is 2.93. The van der Waals surface area contributed by atoms with E-state index in [0.29, 0.717) is 5.75 Å². The van der Waals surface area contributed by atoms with E-state index < -0.39 is 10.8 Å². The van der Waals surface area contributed by atoms with Gasteiger partial charge >= 0.3 is 0 Å². The van der Waals surface area contributed by atoms with Gasteiger partial charge in [-0.25, -0.2) is 5.43 Å². The highest BCUT2D eigenvalue weighted by Gasteiger charge is 2.15. The normalized spacial score (nSPS) is 10.5. The summed E-state index contributed by atoms with van der Waals surface area (Å²) in [6.07, 6.45) is 1.39. The average molecular weight is 315 g/mol. The van der Waals surface area contributed by atoms with Crippen LogP contribution < -0.4 is 10.2 Å². The summed E-state index contributed by atoms with van der Waals surface area (Å²) in [5, 5.41) is 24.0. The SMILES string of the molecule is COc1ccc(/C=N\NC(=O)c2cc([N+](=O)[O-])ccc2O)cc1. The van der Waals surface area contributed by atoms with Crippen LogP contribution in [0.4, 0.5) is 5.69 Å². The van der Waals surface area contributed by atoms with Crippen molar-refractivity contribution in [2.24, 2.45) is 5.10 Å². The lowest BCUT2D eigenvalue weighted by Gasteiger charge is -2.03. The number of nitrogens with one attached hydrogen (secondary N) is 1. The molecule has 0 saturated heterocycles. The first-order valence-corrected chi connectivity index (χ1v) is 6.46. The topological polar surface area (TPSA) is 114 Å². The number of benzene rings is 2. The predicted molar refractivity (Wildman–Crippen MR) is 82.8 cm³/mol. The lowest BCUT2D eigenvalue weighted by Crippen LogP contribution is -2.18. The van der Waals surface area contributed by atoms with E-state index in [-0.39, 0.29) is 17.0 Å². The van der Waals surface area contributed by atoms with Gasteiger partial charge in [-0.1, -0.05) is 0 Å². The molecule has 0 aliphatic carbocycles. The molecule has 0 fully saturated rings. The number of non-ortho nitro benzene ring substituents is 1. The maximum absolute atomic E-state index is 11.9. The van der Waals surface area contributed by atoms with Crippen molar-refractivity contribution in [2.75, 3.05) is 7.11 Å². The Labute approximate surface area is 131 Å². The maximum Gasteiger partial charge on any atom is 0.275 e. The Morgan fingerprint density at radius 1 is 1.30 bits per heavy atom. The summed E-state index contributed by atoms with van der Waals surface area (Å²) >= 11 is 0. The minimum Gasteiger partial charge on any atom is -0.507 e. The molecule has 2 aromatic carbocycles. The highest BCUT2D eigenvalue weighted by Crippen LogP contribution is 2.22. The van der Waals surface area contributed by atoms with Crippen LogP contribution in [0.3, 0.4) is 0 Å². The standard InChI is InChI=1S/C15H13N3O5/c1-23-12-5-2-10(3-6-12)9-16-17-15(20)13-8-11(18(21)22)4-7-14(13)19/h2-9,19H,1H3,(H,17,20)/b16-9-. The molecule has 0 saturated carbocycles. The first-order valence-electron chi connectivity index (χ1n) is 6.46. The maximum atomic E-state index is 11.9. The van der Waals surface area contributed by atoms with Gasteiger partial charge in [-0.3, -0.25) is 14.9 Å². The lowest BCUT2D eigenvalue weighted by atomic mass is 10.1. The number of aromatic hydroxyl groups is 1. The second-order valence-electron chi connectivity index (χ2n) is 4.43. The van der Waals surface area contributed by atoms with Gasteiger partial charge in [0.1, 0.15) is 11.5 Å². The summed E-state index contributed by atoms with van der Waals surface area (Å²) in [6, 6.07) is 10.1. The number of nitrogens with zero attached hydrogens (tertiary/aromatic N) is 2. The predicted octanol–water partition coefficient (Wildman–Crippen LogP) is 2.07. The number of phenols is 1. The Kier molecular flexibility index (Phi) is 4.88. The van der Waals surface area contributed by atoms with Gasteiger partial charge in [-0.05, 0) is 35.9 Å². The molecule has 8 heteroatoms. The minimum atomic E-state index is -0.754. The molecule has 1 amide bonds. The van der Waals surface area contributed by atoms with Crippen molar-refractivity contribution in [3.05, 3.63) is 63.7 Å². The molecule has 23 heavy (non-hydrogen) atoms. The molecule has 2 rings (SSSR count). The fourth-order valence-corrected chi connectivity index (χ4v) is 1.74. The molecule has 0 radical (unpaired) electrons. The number of hydrogen-bond donors (Lipinski definition) is 2. The zero-order chi connectivity index (χ0) is 16.8. The van der Waals surface area contributed by atoms with Crippen LogP contribution in [-0.2, 0) is 0 Å². The summed E-state index contributed by atoms with van der Waals surface area (Å²) in [6.45, 7) is 0. The average Bonchev–Trinajstić information content (AvgIpc) is 2.55. The van der Waals surface area contributed by atoms with Crippen LogP contribution in [-0.4, -0.2) is 29.3 Å². The van der Waals surface area contributed by atoms with Crippen LogP contribution in [0.25, 0.3) is 0 Å². The van der Waals surface area contributed by atoms with E-state index in [9.17, 15) is 20.0 Å². The molecule has 0 aliphatic heterocycles. The third-order valence-corrected chi connectivity index (χ3v) is 2.93. The highest BCUT2D eigenvalue weighted by molar-refractivity contribution is 5.97. The fourth-order valence-electron chi connectivity index (χ4n) is 1.74. The van der Waals surface area contributed by atoms with E-state index >= 15 is 0 Å². The van der Waals surface area contributed by atoms with Crippen molar-refractivity contribution in [1.29, 1.82) is 0 Å². The minimum absolute atomic E-state index is 0.230. The van der Waals surface area contributed by atoms with Crippen molar-refractivity contribution in [3.8, 4) is 11.5 Å². The van der Waals surface area contributed by atoms with Crippen molar-refractivity contribution >= 4 is 17.8 Å². The van der Waals surface area contributed by atoms with Crippen LogP contribution in [0.1, 0.15) is 15.9 Å². The smallest absolute Gasteiger partial charge is 0.275 e. The van der Waals surface area contributed by atoms with Crippen LogP contribution in [0, 0.1) is 10.1 Å². The molecular formula is C15H13N3O5. The van der Waals surface area contributed by atoms with Crippen molar-refractivity contribution in [1.82, 2.24) is 5.43 Å². The molecule has 2 N–H and O–H groups in total. The fraction of sp³-hybridized carbons (Fsp3) is 0.0667. The van der Waals surface area contributed by atoms with Gasteiger partial charge in [0.25, 0.3) is 11.6 Å². The van der Waals surface area contributed by atoms with Gasteiger partial charge in [0.05, 0.1) is 23.8 Å². The number of methoxy groups -OCH3 is 1. The summed E-state index contributed by atoms with van der Waals surface area (Å²) in [5.41, 5.74) is 2.39. The van der Waals surface area contributed by atoms with Crippen molar-refractivity contribution < 1.29 is 19.6 Å². The number of ether oxygens (including phenoxy) is 1. The molecule has 0 bridgehead atoms. The molecule has 0 aliphatic rings. The first-order chi connectivity index (χ1) is 11.0. The molecule has 8 nitrogen and oxygen atoms in total. The largest absolute Gasteiger partial charge is 0.507 e. The first kappa shape index (κ1) is 16.0. The molecular weight excluding hydrogens is 302 g/mol. The van der Waals surface area contributed by atoms with E-state index in [4.69, 9.17) is 4.74 Å². The van der Waals surface area contributed by atoms with Crippen LogP contribution in [0.5, 0.6) is 11.5 Å². The van der Waals surface area contributed by atoms with Gasteiger partial charge < -0.3 is 9.84 Å². The molecule has 118 valence electrons. The number of rotatable bonds is 5. The number of carbonyl (C=O) groups excluding carboxylic acids is 1. The summed E-state index contributed by atoms with van der Waals surface area (Å²) < 4.78 is 5.02. The Hall–Kier alpha value is -3.42. The molecule has 0 unspecified atom stereocenters. The zero-order valence-electron chi connectivity index (χ0n) is 12.1. The Morgan fingerprint density at radius 2 is 2.00 bits per heavy atom. The van der Waals surface area contributed by atoms with Gasteiger partial charge in [0.2, 0.25) is 0 Å². The summed E-state index contributed by atoms with van der Waals surface area (Å²) in [4.78, 5) is 21.9. The summed E-state index contributed by atoms with van der Waals surface area (Å²) in [7, 11) is 1.55. The van der Waals surface area contributed by atoms with E-state index in [2.05, 4.69) is 10.5 Å². The van der Waals surface area contributed by atoms with Crippen LogP contribution in [0.2, 0.25) is 0 Å². The van der Waals surface area contributed by atoms with Gasteiger partial charge in [0.15, 0.2) is 0 Å². The van der Waals surface area contributed by atoms with E-state index in [1.807, 2.05) is 0 Å². The van der Waals surface area contributed by atoms with Gasteiger partial charge in [0, 0.05) is 12.1 Å². The van der Waals surface area contributed by atoms with Crippen LogP contribution in [0.15, 0.2) is 47.6 Å². The number of hydrogen-bond acceptors (Lipinski definition) is 6. The second kappa shape index (κ2) is 7.03. The van der Waals surface area contributed by atoms with E-state index in [1.165, 1.54) is 6.21 Å². The lowest BCUT2D eigenvalue weighted by molar-refractivity contribution is -0.384. The highest BCUT2D eigenvalue weighted by atomic mass is 16.6. The Bertz CT molecular complexity index is 756. The number of carbonyl (C=O) groups is 1. The molecule has 0 spiro atoms. The van der Waals surface area contributed by atoms with Crippen LogP contribution >= 0.6 is 0 Å². The third kappa shape index (κ3) is 4.03. The van der Waals surface area contributed by atoms with E-state index in [1.54, 1.807) is 31.4 Å².